The molecule has 2 aliphatic heterocycles. The molecule has 0 radical (unpaired) electrons. The first-order valence-electron chi connectivity index (χ1n) is 9.12. The van der Waals surface area contributed by atoms with Crippen molar-refractivity contribution in [1.29, 1.82) is 0 Å². The maximum Gasteiger partial charge on any atom is 0.256 e. The second-order valence-corrected chi connectivity index (χ2v) is 8.82. The number of furan rings is 1. The molecule has 0 spiro atoms. The van der Waals surface area contributed by atoms with Crippen LogP contribution in [-0.4, -0.2) is 43.2 Å². The molecule has 0 bridgehead atoms. The second-order valence-electron chi connectivity index (χ2n) is 6.93. The fourth-order valence-electron chi connectivity index (χ4n) is 3.85. The zero-order valence-corrected chi connectivity index (χ0v) is 15.6. The average molecular weight is 392 g/mol. The Morgan fingerprint density at radius 1 is 1.11 bits per heavy atom. The Kier molecular flexibility index (Phi) is 4.77. The highest BCUT2D eigenvalue weighted by Crippen LogP contribution is 2.37. The van der Waals surface area contributed by atoms with Gasteiger partial charge in [0.2, 0.25) is 10.0 Å². The highest BCUT2D eigenvalue weighted by atomic mass is 32.2. The van der Waals surface area contributed by atoms with Gasteiger partial charge in [-0.2, -0.15) is 4.31 Å². The lowest BCUT2D eigenvalue weighted by Crippen LogP contribution is -2.31. The number of benzene rings is 1. The van der Waals surface area contributed by atoms with Gasteiger partial charge in [-0.1, -0.05) is 0 Å². The van der Waals surface area contributed by atoms with E-state index in [-0.39, 0.29) is 22.4 Å². The topological polar surface area (TPSA) is 70.8 Å². The smallest absolute Gasteiger partial charge is 0.256 e. The number of hydrogen-bond acceptors (Lipinski definition) is 4. The zero-order valence-electron chi connectivity index (χ0n) is 14.8. The molecule has 2 fully saturated rings. The number of amides is 1. The third-order valence-electron chi connectivity index (χ3n) is 5.25. The van der Waals surface area contributed by atoms with E-state index in [0.29, 0.717) is 38.2 Å². The van der Waals surface area contributed by atoms with E-state index in [2.05, 4.69) is 0 Å². The standard InChI is InChI=1S/C19H21FN2O4S/c20-16-13-14(7-8-15(16)19(23)21-9-1-2-10-21)27(24,25)22-11-3-5-17(22)18-6-4-12-26-18/h4,6-8,12-13,17H,1-3,5,9-11H2/t17-/m0/s1. The number of hydrogen-bond donors (Lipinski definition) is 0. The third kappa shape index (κ3) is 3.27. The van der Waals surface area contributed by atoms with Gasteiger partial charge in [0.25, 0.3) is 5.91 Å². The lowest BCUT2D eigenvalue weighted by atomic mass is 10.2. The van der Waals surface area contributed by atoms with Crippen molar-refractivity contribution in [3.63, 3.8) is 0 Å². The van der Waals surface area contributed by atoms with E-state index in [9.17, 15) is 17.6 Å². The van der Waals surface area contributed by atoms with Crippen molar-refractivity contribution in [3.05, 3.63) is 53.7 Å². The van der Waals surface area contributed by atoms with E-state index in [4.69, 9.17) is 4.42 Å². The molecule has 1 aromatic heterocycles. The zero-order chi connectivity index (χ0) is 19.0. The van der Waals surface area contributed by atoms with Gasteiger partial charge in [-0.15, -0.1) is 0 Å². The van der Waals surface area contributed by atoms with E-state index < -0.39 is 15.8 Å². The molecule has 1 aromatic carbocycles. The van der Waals surface area contributed by atoms with Gasteiger partial charge in [0.1, 0.15) is 11.6 Å². The van der Waals surface area contributed by atoms with Crippen molar-refractivity contribution in [2.75, 3.05) is 19.6 Å². The van der Waals surface area contributed by atoms with E-state index in [0.717, 1.165) is 18.9 Å². The molecule has 1 amide bonds. The highest BCUT2D eigenvalue weighted by Gasteiger charge is 2.38. The van der Waals surface area contributed by atoms with Gasteiger partial charge in [-0.3, -0.25) is 4.79 Å². The minimum atomic E-state index is -3.89. The molecular weight excluding hydrogens is 371 g/mol. The van der Waals surface area contributed by atoms with Gasteiger partial charge in [-0.05, 0) is 56.0 Å². The summed E-state index contributed by atoms with van der Waals surface area (Å²) < 4.78 is 47.4. The Balaban J connectivity index is 1.62. The molecule has 2 aromatic rings. The van der Waals surface area contributed by atoms with Crippen LogP contribution in [-0.2, 0) is 10.0 Å². The monoisotopic (exact) mass is 392 g/mol. The molecule has 1 atom stereocenters. The Labute approximate surface area is 157 Å². The Hall–Kier alpha value is -2.19. The van der Waals surface area contributed by atoms with Crippen molar-refractivity contribution in [1.82, 2.24) is 9.21 Å². The maximum absolute atomic E-state index is 14.6. The van der Waals surface area contributed by atoms with E-state index in [1.54, 1.807) is 17.0 Å². The first kappa shape index (κ1) is 18.2. The third-order valence-corrected chi connectivity index (χ3v) is 7.15. The summed E-state index contributed by atoms with van der Waals surface area (Å²) in [4.78, 5) is 13.9. The fraction of sp³-hybridized carbons (Fsp3) is 0.421. The first-order valence-corrected chi connectivity index (χ1v) is 10.6. The number of carbonyl (C=O) groups is 1. The Morgan fingerprint density at radius 2 is 1.89 bits per heavy atom. The molecular formula is C19H21FN2O4S. The average Bonchev–Trinajstić information content (AvgIpc) is 3.42. The number of sulfonamides is 1. The predicted molar refractivity (Wildman–Crippen MR) is 96.1 cm³/mol. The van der Waals surface area contributed by atoms with Crippen LogP contribution in [0.4, 0.5) is 4.39 Å². The highest BCUT2D eigenvalue weighted by molar-refractivity contribution is 7.89. The van der Waals surface area contributed by atoms with Crippen molar-refractivity contribution in [2.24, 2.45) is 0 Å². The summed E-state index contributed by atoms with van der Waals surface area (Å²) in [6.45, 7) is 1.57. The van der Waals surface area contributed by atoms with Crippen LogP contribution in [0.25, 0.3) is 0 Å². The molecule has 27 heavy (non-hydrogen) atoms. The van der Waals surface area contributed by atoms with E-state index >= 15 is 0 Å². The Bertz CT molecular complexity index is 937. The molecule has 0 N–H and O–H groups in total. The number of rotatable bonds is 4. The van der Waals surface area contributed by atoms with Gasteiger partial charge in [-0.25, -0.2) is 12.8 Å². The van der Waals surface area contributed by atoms with Crippen molar-refractivity contribution in [3.8, 4) is 0 Å². The molecule has 4 rings (SSSR count). The fourth-order valence-corrected chi connectivity index (χ4v) is 5.53. The molecule has 3 heterocycles. The van der Waals surface area contributed by atoms with Gasteiger partial charge in [0, 0.05) is 19.6 Å². The van der Waals surface area contributed by atoms with Crippen LogP contribution in [0.2, 0.25) is 0 Å². The quantitative estimate of drug-likeness (QED) is 0.801. The first-order chi connectivity index (χ1) is 13.0. The number of carbonyl (C=O) groups excluding carboxylic acids is 1. The number of nitrogens with zero attached hydrogens (tertiary/aromatic N) is 2. The molecule has 2 aliphatic rings. The summed E-state index contributed by atoms with van der Waals surface area (Å²) in [6, 6.07) is 6.63. The summed E-state index contributed by atoms with van der Waals surface area (Å²) in [6.07, 6.45) is 4.68. The molecule has 0 aliphatic carbocycles. The van der Waals surface area contributed by atoms with Crippen molar-refractivity contribution >= 4 is 15.9 Å². The summed E-state index contributed by atoms with van der Waals surface area (Å²) in [5, 5.41) is 0. The van der Waals surface area contributed by atoms with Gasteiger partial charge in [0.15, 0.2) is 0 Å². The SMILES string of the molecule is O=C(c1ccc(S(=O)(=O)N2CCC[C@H]2c2ccco2)cc1F)N1CCCC1. The van der Waals surface area contributed by atoms with Crippen LogP contribution in [0.3, 0.4) is 0 Å². The van der Waals surface area contributed by atoms with Crippen molar-refractivity contribution < 1.29 is 22.0 Å². The summed E-state index contributed by atoms with van der Waals surface area (Å²) in [5.41, 5.74) is -0.0835. The van der Waals surface area contributed by atoms with Crippen LogP contribution in [0.15, 0.2) is 45.9 Å². The summed E-state index contributed by atoms with van der Waals surface area (Å²) in [5.74, 6) is -0.609. The molecule has 0 saturated carbocycles. The number of likely N-dealkylation sites (tertiary alicyclic amines) is 1. The molecule has 6 nitrogen and oxygen atoms in total. The minimum absolute atomic E-state index is 0.0835. The van der Waals surface area contributed by atoms with Crippen LogP contribution in [0, 0.1) is 5.82 Å². The van der Waals surface area contributed by atoms with Crippen LogP contribution in [0.5, 0.6) is 0 Å². The van der Waals surface area contributed by atoms with Gasteiger partial charge in [0.05, 0.1) is 22.8 Å². The molecule has 0 unspecified atom stereocenters. The maximum atomic E-state index is 14.6. The normalized spacial score (nSPS) is 21.1. The van der Waals surface area contributed by atoms with Crippen LogP contribution < -0.4 is 0 Å². The van der Waals surface area contributed by atoms with E-state index in [1.165, 1.54) is 22.7 Å². The molecule has 2 saturated heterocycles. The molecule has 144 valence electrons. The lowest BCUT2D eigenvalue weighted by Gasteiger charge is -2.23. The van der Waals surface area contributed by atoms with Crippen molar-refractivity contribution in [2.45, 2.75) is 36.6 Å². The minimum Gasteiger partial charge on any atom is -0.468 e. The predicted octanol–water partition coefficient (Wildman–Crippen LogP) is 3.18. The Morgan fingerprint density at radius 3 is 2.56 bits per heavy atom. The summed E-state index contributed by atoms with van der Waals surface area (Å²) in [7, 11) is -3.89. The van der Waals surface area contributed by atoms with Gasteiger partial charge >= 0.3 is 0 Å². The second kappa shape index (κ2) is 7.09. The van der Waals surface area contributed by atoms with Crippen LogP contribution in [0.1, 0.15) is 47.8 Å². The van der Waals surface area contributed by atoms with Gasteiger partial charge < -0.3 is 9.32 Å². The largest absolute Gasteiger partial charge is 0.468 e. The number of halogens is 1. The molecule has 8 heteroatoms. The lowest BCUT2D eigenvalue weighted by molar-refractivity contribution is 0.0788. The van der Waals surface area contributed by atoms with E-state index in [1.807, 2.05) is 0 Å². The van der Waals surface area contributed by atoms with Crippen LogP contribution >= 0.6 is 0 Å². The summed E-state index contributed by atoms with van der Waals surface area (Å²) >= 11 is 0.